The van der Waals surface area contributed by atoms with E-state index in [4.69, 9.17) is 0 Å². The summed E-state index contributed by atoms with van der Waals surface area (Å²) in [5.74, 6) is 0.636. The molecule has 4 unspecified atom stereocenters. The zero-order valence-electron chi connectivity index (χ0n) is 23.3. The van der Waals surface area contributed by atoms with Gasteiger partial charge in [-0.2, -0.15) is 0 Å². The Bertz CT molecular complexity index is 1100. The van der Waals surface area contributed by atoms with Gasteiger partial charge in [-0.05, 0) is 70.0 Å². The number of hydrogen-bond acceptors (Lipinski definition) is 1. The van der Waals surface area contributed by atoms with Crippen LogP contribution in [-0.2, 0) is 0 Å². The Morgan fingerprint density at radius 2 is 0.744 bits per heavy atom. The van der Waals surface area contributed by atoms with Crippen molar-refractivity contribution in [3.05, 3.63) is 144 Å². The Kier molecular flexibility index (Phi) is 8.60. The fourth-order valence-corrected chi connectivity index (χ4v) is 16.1. The molecule has 0 bridgehead atoms. The molecule has 0 N–H and O–H groups in total. The Morgan fingerprint density at radius 1 is 0.487 bits per heavy atom. The van der Waals surface area contributed by atoms with Gasteiger partial charge in [0.15, 0.2) is 0 Å². The van der Waals surface area contributed by atoms with Gasteiger partial charge in [-0.1, -0.05) is 135 Å². The van der Waals surface area contributed by atoms with Crippen molar-refractivity contribution < 1.29 is 0 Å². The third-order valence-corrected chi connectivity index (χ3v) is 15.9. The molecule has 2 heterocycles. The SMILES string of the molecule is CC(C)CN(P1C(c2ccccc2)CC[C@H]1c1ccccc1)P1C(c2ccccc2)CC[C@H]1c1ccccc1. The molecular weight excluding hydrogens is 508 g/mol. The predicted octanol–water partition coefficient (Wildman–Crippen LogP) is 11.3. The first kappa shape index (κ1) is 26.9. The number of nitrogens with zero attached hydrogens (tertiary/aromatic N) is 1. The molecule has 4 aromatic carbocycles. The largest absolute Gasteiger partial charge is 0.257 e. The summed E-state index contributed by atoms with van der Waals surface area (Å²) in [5, 5.41) is 0. The molecule has 6 rings (SSSR count). The maximum atomic E-state index is 3.17. The summed E-state index contributed by atoms with van der Waals surface area (Å²) in [6.07, 6.45) is 5.16. The zero-order valence-corrected chi connectivity index (χ0v) is 25.1. The number of hydrogen-bond donors (Lipinski definition) is 0. The van der Waals surface area contributed by atoms with E-state index in [1.165, 1.54) is 32.2 Å². The van der Waals surface area contributed by atoms with Crippen molar-refractivity contribution in [1.29, 1.82) is 0 Å². The molecule has 0 amide bonds. The van der Waals surface area contributed by atoms with Crippen molar-refractivity contribution in [2.45, 2.75) is 62.2 Å². The molecule has 0 aromatic heterocycles. The highest BCUT2D eigenvalue weighted by Crippen LogP contribution is 2.83. The van der Waals surface area contributed by atoms with Crippen molar-refractivity contribution in [2.75, 3.05) is 6.54 Å². The topological polar surface area (TPSA) is 3.24 Å². The van der Waals surface area contributed by atoms with E-state index in [0.717, 1.165) is 0 Å². The van der Waals surface area contributed by atoms with Crippen LogP contribution in [0, 0.1) is 5.92 Å². The minimum Gasteiger partial charge on any atom is -0.257 e. The fourth-order valence-electron chi connectivity index (χ4n) is 6.85. The Balaban J connectivity index is 1.50. The maximum Gasteiger partial charge on any atom is 0.0183 e. The molecule has 2 aliphatic heterocycles. The normalized spacial score (nSPS) is 26.9. The maximum absolute atomic E-state index is 3.17. The molecule has 39 heavy (non-hydrogen) atoms. The molecule has 200 valence electrons. The average Bonchev–Trinajstić information content (AvgIpc) is 3.63. The van der Waals surface area contributed by atoms with E-state index < -0.39 is 16.1 Å². The lowest BCUT2D eigenvalue weighted by atomic mass is 10.0. The van der Waals surface area contributed by atoms with Crippen LogP contribution in [0.5, 0.6) is 0 Å². The number of benzene rings is 4. The second-order valence-corrected chi connectivity index (χ2v) is 16.9. The zero-order chi connectivity index (χ0) is 26.6. The van der Waals surface area contributed by atoms with Crippen LogP contribution >= 0.6 is 16.1 Å². The molecule has 2 saturated heterocycles. The van der Waals surface area contributed by atoms with E-state index in [-0.39, 0.29) is 0 Å². The Morgan fingerprint density at radius 3 is 0.974 bits per heavy atom. The van der Waals surface area contributed by atoms with Crippen LogP contribution in [0.2, 0.25) is 0 Å². The van der Waals surface area contributed by atoms with Crippen molar-refractivity contribution in [2.24, 2.45) is 5.92 Å². The van der Waals surface area contributed by atoms with Crippen LogP contribution in [-0.4, -0.2) is 11.0 Å². The summed E-state index contributed by atoms with van der Waals surface area (Å²) in [6, 6.07) is 46.0. The first-order valence-corrected chi connectivity index (χ1v) is 17.6. The summed E-state index contributed by atoms with van der Waals surface area (Å²) in [5.41, 5.74) is 8.72. The highest BCUT2D eigenvalue weighted by atomic mass is 31.2. The lowest BCUT2D eigenvalue weighted by Crippen LogP contribution is -2.23. The molecule has 4 aromatic rings. The Hall–Kier alpha value is -2.30. The second kappa shape index (κ2) is 12.5. The van der Waals surface area contributed by atoms with Crippen molar-refractivity contribution in [3.63, 3.8) is 0 Å². The quantitative estimate of drug-likeness (QED) is 0.198. The average molecular weight is 550 g/mol. The predicted molar refractivity (Wildman–Crippen MR) is 171 cm³/mol. The minimum absolute atomic E-state index is 0.403. The second-order valence-electron chi connectivity index (χ2n) is 11.6. The van der Waals surface area contributed by atoms with Gasteiger partial charge in [0.25, 0.3) is 0 Å². The monoisotopic (exact) mass is 549 g/mol. The molecule has 2 fully saturated rings. The van der Waals surface area contributed by atoms with Gasteiger partial charge in [0.2, 0.25) is 0 Å². The van der Waals surface area contributed by atoms with Gasteiger partial charge >= 0.3 is 0 Å². The molecular formula is C36H41NP2. The van der Waals surface area contributed by atoms with E-state index in [2.05, 4.69) is 140 Å². The van der Waals surface area contributed by atoms with Crippen molar-refractivity contribution >= 4 is 16.1 Å². The van der Waals surface area contributed by atoms with Crippen LogP contribution in [0.3, 0.4) is 0 Å². The van der Waals surface area contributed by atoms with Crippen LogP contribution < -0.4 is 0 Å². The molecule has 0 radical (unpaired) electrons. The van der Waals surface area contributed by atoms with Gasteiger partial charge in [-0.15, -0.1) is 0 Å². The van der Waals surface area contributed by atoms with Crippen LogP contribution in [0.1, 0.15) is 84.4 Å². The molecule has 3 heteroatoms. The highest BCUT2D eigenvalue weighted by molar-refractivity contribution is 7.71. The lowest BCUT2D eigenvalue weighted by Gasteiger charge is -2.46. The third-order valence-electron chi connectivity index (χ3n) is 8.50. The van der Waals surface area contributed by atoms with Crippen molar-refractivity contribution in [3.8, 4) is 0 Å². The lowest BCUT2D eigenvalue weighted by molar-refractivity contribution is 0.527. The third kappa shape index (κ3) is 5.79. The van der Waals surface area contributed by atoms with E-state index in [1.54, 1.807) is 22.3 Å². The van der Waals surface area contributed by atoms with Gasteiger partial charge in [0.1, 0.15) is 0 Å². The summed E-state index contributed by atoms with van der Waals surface area (Å²) in [7, 11) is -0.807. The van der Waals surface area contributed by atoms with E-state index in [9.17, 15) is 0 Å². The smallest absolute Gasteiger partial charge is 0.0183 e. The molecule has 2 aliphatic rings. The van der Waals surface area contributed by atoms with Crippen molar-refractivity contribution in [1.82, 2.24) is 4.44 Å². The summed E-state index contributed by atoms with van der Waals surface area (Å²) < 4.78 is 3.17. The van der Waals surface area contributed by atoms with Gasteiger partial charge in [-0.3, -0.25) is 4.44 Å². The molecule has 0 saturated carbocycles. The Labute approximate surface area is 238 Å². The van der Waals surface area contributed by atoms with Crippen LogP contribution in [0.15, 0.2) is 121 Å². The fraction of sp³-hybridized carbons (Fsp3) is 0.333. The number of rotatable bonds is 8. The molecule has 0 aliphatic carbocycles. The summed E-state index contributed by atoms with van der Waals surface area (Å²) in [4.78, 5) is 0. The minimum atomic E-state index is -0.403. The van der Waals surface area contributed by atoms with E-state index in [0.29, 0.717) is 28.6 Å². The van der Waals surface area contributed by atoms with Gasteiger partial charge < -0.3 is 0 Å². The van der Waals surface area contributed by atoms with E-state index >= 15 is 0 Å². The van der Waals surface area contributed by atoms with Gasteiger partial charge in [0, 0.05) is 29.2 Å². The van der Waals surface area contributed by atoms with Crippen LogP contribution in [0.4, 0.5) is 0 Å². The summed E-state index contributed by atoms with van der Waals surface area (Å²) >= 11 is 0. The molecule has 6 atom stereocenters. The molecule has 0 spiro atoms. The van der Waals surface area contributed by atoms with Crippen LogP contribution in [0.25, 0.3) is 0 Å². The summed E-state index contributed by atoms with van der Waals surface area (Å²) in [6.45, 7) is 6.07. The van der Waals surface area contributed by atoms with E-state index in [1.807, 2.05) is 0 Å². The first-order valence-electron chi connectivity index (χ1n) is 14.7. The first-order chi connectivity index (χ1) is 19.2. The highest BCUT2D eigenvalue weighted by Gasteiger charge is 2.49. The van der Waals surface area contributed by atoms with Gasteiger partial charge in [0.05, 0.1) is 0 Å². The van der Waals surface area contributed by atoms with Gasteiger partial charge in [-0.25, -0.2) is 0 Å². The standard InChI is InChI=1S/C36H41NP2/c1-28(2)27-37(38-33(29-15-7-3-8-16-29)23-24-34(38)30-17-9-4-10-18-30)39-35(31-19-11-5-12-20-31)25-26-36(39)32-21-13-6-14-22-32/h3-22,28,33-36H,23-27H2,1-2H3/t33-,34?,35-,36?,38?,39?/m0/s1. The molecule has 1 nitrogen and oxygen atoms in total.